The van der Waals surface area contributed by atoms with Crippen LogP contribution in [0.1, 0.15) is 38.8 Å². The van der Waals surface area contributed by atoms with Gasteiger partial charge in [-0.05, 0) is 38.1 Å². The highest BCUT2D eigenvalue weighted by molar-refractivity contribution is 6.01. The number of carbonyl (C=O) groups excluding carboxylic acids is 1. The molecule has 0 radical (unpaired) electrons. The van der Waals surface area contributed by atoms with E-state index in [0.29, 0.717) is 5.69 Å². The number of nitrogens with zero attached hydrogens (tertiary/aromatic N) is 2. The van der Waals surface area contributed by atoms with Crippen LogP contribution in [0.4, 0.5) is 24.5 Å². The largest absolute Gasteiger partial charge is 0.454 e. The number of halogens is 3. The summed E-state index contributed by atoms with van der Waals surface area (Å²) in [5.41, 5.74) is 3.23. The number of alkyl halides is 3. The predicted octanol–water partition coefficient (Wildman–Crippen LogP) is 8.24. The molecule has 0 bridgehead atoms. The minimum absolute atomic E-state index is 0.182. The van der Waals surface area contributed by atoms with Gasteiger partial charge in [0, 0.05) is 52.6 Å². The molecule has 0 aromatic heterocycles. The molecule has 2 heterocycles. The normalized spacial score (nSPS) is 17.9. The maximum atomic E-state index is 12.7. The number of aryl methyl sites for hydroxylation is 2. The first-order valence-electron chi connectivity index (χ1n) is 11.8. The van der Waals surface area contributed by atoms with Gasteiger partial charge in [-0.1, -0.05) is 81.3 Å². The lowest BCUT2D eigenvalue weighted by atomic mass is 9.80. The number of hydrogen-bond donors (Lipinski definition) is 0. The Morgan fingerprint density at radius 2 is 1.11 bits per heavy atom. The van der Waals surface area contributed by atoms with Crippen LogP contribution in [0.25, 0.3) is 0 Å². The molecule has 0 atom stereocenters. The monoisotopic (exact) mass is 494 g/mol. The first kappa shape index (κ1) is 27.1. The van der Waals surface area contributed by atoms with Gasteiger partial charge in [0.15, 0.2) is 0 Å². The van der Waals surface area contributed by atoms with E-state index < -0.39 is 17.4 Å². The fraction of sp³-hybridized carbons (Fsp3) is 0.300. The van der Waals surface area contributed by atoms with E-state index in [9.17, 15) is 18.0 Å². The standard InChI is InChI=1S/C16H16F3NO.C14H17N/c1-11-4-6-12(7-5-11)20-9-8-15(2,3)13(10-20)14(21)16(17,18)19;1-12-4-6-13(7-5-12)15-10-8-14(2,3)9-11-15/h4-10H,1-3H3;4-11H,1-3H3. The zero-order chi connectivity index (χ0) is 26.7. The summed E-state index contributed by atoms with van der Waals surface area (Å²) in [6.45, 7) is 11.6. The molecule has 2 aliphatic heterocycles. The lowest BCUT2D eigenvalue weighted by Gasteiger charge is -2.31. The molecule has 0 saturated carbocycles. The second-order valence-electron chi connectivity index (χ2n) is 10.3. The van der Waals surface area contributed by atoms with Gasteiger partial charge in [-0.15, -0.1) is 0 Å². The van der Waals surface area contributed by atoms with E-state index in [1.54, 1.807) is 38.3 Å². The summed E-state index contributed by atoms with van der Waals surface area (Å²) in [6, 6.07) is 15.9. The Kier molecular flexibility index (Phi) is 7.68. The highest BCUT2D eigenvalue weighted by atomic mass is 19.4. The van der Waals surface area contributed by atoms with Crippen LogP contribution in [0, 0.1) is 24.7 Å². The van der Waals surface area contributed by atoms with E-state index in [2.05, 4.69) is 74.5 Å². The van der Waals surface area contributed by atoms with Crippen LogP contribution in [-0.2, 0) is 4.79 Å². The maximum absolute atomic E-state index is 12.7. The van der Waals surface area contributed by atoms with E-state index in [0.717, 1.165) is 5.56 Å². The third kappa shape index (κ3) is 6.78. The predicted molar refractivity (Wildman–Crippen MR) is 141 cm³/mol. The quantitative estimate of drug-likeness (QED) is 0.429. The molecule has 0 spiro atoms. The number of benzene rings is 2. The van der Waals surface area contributed by atoms with Crippen molar-refractivity contribution in [3.8, 4) is 0 Å². The summed E-state index contributed by atoms with van der Waals surface area (Å²) in [7, 11) is 0. The third-order valence-electron chi connectivity index (χ3n) is 6.11. The Labute approximate surface area is 211 Å². The van der Waals surface area contributed by atoms with Crippen molar-refractivity contribution in [1.29, 1.82) is 0 Å². The Balaban J connectivity index is 0.000000212. The van der Waals surface area contributed by atoms with Crippen LogP contribution in [0.5, 0.6) is 0 Å². The van der Waals surface area contributed by atoms with Crippen LogP contribution in [0.2, 0.25) is 0 Å². The van der Waals surface area contributed by atoms with Gasteiger partial charge >= 0.3 is 6.18 Å². The molecule has 0 saturated heterocycles. The zero-order valence-corrected chi connectivity index (χ0v) is 21.6. The second-order valence-corrected chi connectivity index (χ2v) is 10.3. The molecule has 6 heteroatoms. The van der Waals surface area contributed by atoms with Crippen molar-refractivity contribution in [3.63, 3.8) is 0 Å². The van der Waals surface area contributed by atoms with Gasteiger partial charge in [-0.3, -0.25) is 4.79 Å². The van der Waals surface area contributed by atoms with Crippen molar-refractivity contribution in [2.75, 3.05) is 9.80 Å². The van der Waals surface area contributed by atoms with Gasteiger partial charge in [0.2, 0.25) is 0 Å². The molecular weight excluding hydrogens is 461 g/mol. The Morgan fingerprint density at radius 1 is 0.694 bits per heavy atom. The number of allylic oxidation sites excluding steroid dienone is 4. The number of hydrogen-bond acceptors (Lipinski definition) is 3. The number of anilines is 2. The first-order valence-corrected chi connectivity index (χ1v) is 11.8. The molecule has 2 aromatic rings. The molecule has 0 fully saturated rings. The molecule has 0 unspecified atom stereocenters. The average Bonchev–Trinajstić information content (AvgIpc) is 2.80. The van der Waals surface area contributed by atoms with Crippen molar-refractivity contribution < 1.29 is 18.0 Å². The highest BCUT2D eigenvalue weighted by Gasteiger charge is 2.45. The van der Waals surface area contributed by atoms with E-state index in [1.165, 1.54) is 22.4 Å². The number of Topliss-reactive ketones (excluding diaryl/α,β-unsaturated/α-hetero) is 1. The molecule has 2 aliphatic rings. The molecule has 0 amide bonds. The molecule has 3 nitrogen and oxygen atoms in total. The first-order chi connectivity index (χ1) is 16.7. The SMILES string of the molecule is Cc1ccc(N2C=CC(C)(C)C(C(=O)C(F)(F)F)=C2)cc1.Cc1ccc(N2C=CC(C)(C)C=C2)cc1. The molecule has 36 heavy (non-hydrogen) atoms. The van der Waals surface area contributed by atoms with Crippen molar-refractivity contribution in [1.82, 2.24) is 0 Å². The summed E-state index contributed by atoms with van der Waals surface area (Å²) >= 11 is 0. The maximum Gasteiger partial charge on any atom is 0.454 e. The fourth-order valence-electron chi connectivity index (χ4n) is 3.63. The Morgan fingerprint density at radius 3 is 1.56 bits per heavy atom. The van der Waals surface area contributed by atoms with E-state index in [-0.39, 0.29) is 11.0 Å². The van der Waals surface area contributed by atoms with Crippen molar-refractivity contribution in [3.05, 3.63) is 108 Å². The summed E-state index contributed by atoms with van der Waals surface area (Å²) in [5, 5.41) is 0. The van der Waals surface area contributed by atoms with Crippen molar-refractivity contribution >= 4 is 17.2 Å². The molecule has 0 N–H and O–H groups in total. The van der Waals surface area contributed by atoms with Crippen LogP contribution in [0.3, 0.4) is 0 Å². The van der Waals surface area contributed by atoms with Gasteiger partial charge in [0.25, 0.3) is 5.78 Å². The van der Waals surface area contributed by atoms with Gasteiger partial charge in [-0.25, -0.2) is 0 Å². The molecule has 2 aromatic carbocycles. The van der Waals surface area contributed by atoms with Gasteiger partial charge in [0.1, 0.15) is 0 Å². The highest BCUT2D eigenvalue weighted by Crippen LogP contribution is 2.38. The fourth-order valence-corrected chi connectivity index (χ4v) is 3.63. The molecule has 0 aliphatic carbocycles. The number of ketones is 1. The number of carbonyl (C=O) groups is 1. The second kappa shape index (κ2) is 10.2. The Hall–Kier alpha value is -3.54. The van der Waals surface area contributed by atoms with Crippen LogP contribution in [-0.4, -0.2) is 12.0 Å². The van der Waals surface area contributed by atoms with E-state index >= 15 is 0 Å². The minimum atomic E-state index is -4.87. The summed E-state index contributed by atoms with van der Waals surface area (Å²) < 4.78 is 38.2. The molecular formula is C30H33F3N2O. The lowest BCUT2D eigenvalue weighted by Crippen LogP contribution is -2.34. The molecule has 4 rings (SSSR count). The average molecular weight is 495 g/mol. The van der Waals surface area contributed by atoms with E-state index in [4.69, 9.17) is 0 Å². The van der Waals surface area contributed by atoms with Crippen LogP contribution < -0.4 is 9.80 Å². The van der Waals surface area contributed by atoms with Crippen molar-refractivity contribution in [2.45, 2.75) is 47.7 Å². The summed E-state index contributed by atoms with van der Waals surface area (Å²) in [6.07, 6.45) is 8.37. The van der Waals surface area contributed by atoms with Crippen LogP contribution >= 0.6 is 0 Å². The van der Waals surface area contributed by atoms with Gasteiger partial charge in [-0.2, -0.15) is 13.2 Å². The zero-order valence-electron chi connectivity index (χ0n) is 21.6. The third-order valence-corrected chi connectivity index (χ3v) is 6.11. The van der Waals surface area contributed by atoms with E-state index in [1.807, 2.05) is 19.1 Å². The van der Waals surface area contributed by atoms with Crippen molar-refractivity contribution in [2.24, 2.45) is 10.8 Å². The molecule has 190 valence electrons. The lowest BCUT2D eigenvalue weighted by molar-refractivity contribution is -0.167. The Bertz CT molecular complexity index is 1180. The van der Waals surface area contributed by atoms with Crippen LogP contribution in [0.15, 0.2) is 97.1 Å². The van der Waals surface area contributed by atoms with Gasteiger partial charge < -0.3 is 9.80 Å². The topological polar surface area (TPSA) is 23.6 Å². The minimum Gasteiger partial charge on any atom is -0.324 e. The smallest absolute Gasteiger partial charge is 0.324 e. The summed E-state index contributed by atoms with van der Waals surface area (Å²) in [4.78, 5) is 15.3. The number of rotatable bonds is 3. The summed E-state index contributed by atoms with van der Waals surface area (Å²) in [5.74, 6) is -1.80. The van der Waals surface area contributed by atoms with Gasteiger partial charge in [0.05, 0.1) is 0 Å².